The molecule has 2 aromatic heterocycles. The van der Waals surface area contributed by atoms with Gasteiger partial charge in [-0.2, -0.15) is 0 Å². The number of pyridine rings is 2. The van der Waals surface area contributed by atoms with Crippen LogP contribution in [0, 0.1) is 13.8 Å². The van der Waals surface area contributed by atoms with Crippen LogP contribution in [0.15, 0.2) is 30.6 Å². The van der Waals surface area contributed by atoms with E-state index in [-0.39, 0.29) is 0 Å². The molecule has 0 radical (unpaired) electrons. The van der Waals surface area contributed by atoms with Gasteiger partial charge in [-0.25, -0.2) is 0 Å². The third kappa shape index (κ3) is 2.30. The second-order valence-corrected chi connectivity index (χ2v) is 3.91. The average molecular weight is 227 g/mol. The number of hydrogen-bond acceptors (Lipinski definition) is 3. The second-order valence-electron chi connectivity index (χ2n) is 3.91. The van der Waals surface area contributed by atoms with Gasteiger partial charge in [0.05, 0.1) is 5.56 Å². The third-order valence-electron chi connectivity index (χ3n) is 2.58. The van der Waals surface area contributed by atoms with Crippen LogP contribution in [0.1, 0.15) is 21.7 Å². The molecule has 0 aliphatic carbocycles. The number of nitrogens with zero attached hydrogens (tertiary/aromatic N) is 2. The first-order chi connectivity index (χ1) is 8.08. The minimum Gasteiger partial charge on any atom is -0.366 e. The minimum absolute atomic E-state index is 0.417. The zero-order chi connectivity index (χ0) is 12.4. The van der Waals surface area contributed by atoms with Crippen LogP contribution >= 0.6 is 0 Å². The number of nitrogens with two attached hydrogens (primary N) is 1. The molecule has 0 saturated heterocycles. The Morgan fingerprint density at radius 3 is 2.65 bits per heavy atom. The molecule has 0 bridgehead atoms. The molecule has 0 aliphatic rings. The molecular weight excluding hydrogens is 214 g/mol. The lowest BCUT2D eigenvalue weighted by atomic mass is 10.0. The van der Waals surface area contributed by atoms with Gasteiger partial charge < -0.3 is 5.73 Å². The van der Waals surface area contributed by atoms with Crippen molar-refractivity contribution in [1.29, 1.82) is 0 Å². The van der Waals surface area contributed by atoms with Gasteiger partial charge in [0.2, 0.25) is 5.91 Å². The van der Waals surface area contributed by atoms with E-state index < -0.39 is 5.91 Å². The van der Waals surface area contributed by atoms with Crippen LogP contribution in [0.2, 0.25) is 0 Å². The standard InChI is InChI=1S/C13H13N3O/c1-8-5-10(3-4-15-8)12-6-11(13(14)17)7-16-9(12)2/h3-7H,1-2H3,(H2,14,17). The van der Waals surface area contributed by atoms with Crippen molar-refractivity contribution < 1.29 is 4.79 Å². The summed E-state index contributed by atoms with van der Waals surface area (Å²) in [5.41, 5.74) is 9.35. The van der Waals surface area contributed by atoms with Gasteiger partial charge in [0.1, 0.15) is 0 Å². The van der Waals surface area contributed by atoms with Crippen molar-refractivity contribution in [3.8, 4) is 11.1 Å². The lowest BCUT2D eigenvalue weighted by Crippen LogP contribution is -2.11. The van der Waals surface area contributed by atoms with Crippen LogP contribution in [0.3, 0.4) is 0 Å². The Hall–Kier alpha value is -2.23. The van der Waals surface area contributed by atoms with Gasteiger partial charge in [0.25, 0.3) is 0 Å². The molecule has 2 rings (SSSR count). The zero-order valence-electron chi connectivity index (χ0n) is 9.77. The van der Waals surface area contributed by atoms with Crippen LogP contribution in [-0.2, 0) is 0 Å². The molecule has 0 spiro atoms. The van der Waals surface area contributed by atoms with Crippen LogP contribution in [-0.4, -0.2) is 15.9 Å². The molecule has 2 aromatic rings. The van der Waals surface area contributed by atoms with Gasteiger partial charge in [0, 0.05) is 29.3 Å². The molecule has 0 atom stereocenters. The van der Waals surface area contributed by atoms with Gasteiger partial charge >= 0.3 is 0 Å². The highest BCUT2D eigenvalue weighted by Crippen LogP contribution is 2.23. The number of amides is 1. The Balaban J connectivity index is 2.58. The molecule has 4 nitrogen and oxygen atoms in total. The van der Waals surface area contributed by atoms with E-state index in [4.69, 9.17) is 5.73 Å². The lowest BCUT2D eigenvalue weighted by Gasteiger charge is -2.07. The first kappa shape index (κ1) is 11.3. The van der Waals surface area contributed by atoms with Crippen molar-refractivity contribution in [1.82, 2.24) is 9.97 Å². The van der Waals surface area contributed by atoms with Crippen molar-refractivity contribution in [2.45, 2.75) is 13.8 Å². The maximum absolute atomic E-state index is 11.1. The number of primary amides is 1. The van der Waals surface area contributed by atoms with E-state index in [9.17, 15) is 4.79 Å². The van der Waals surface area contributed by atoms with E-state index in [1.54, 1.807) is 12.3 Å². The Labute approximate surface area is 99.5 Å². The molecule has 0 fully saturated rings. The van der Waals surface area contributed by atoms with Gasteiger partial charge in [-0.1, -0.05) is 0 Å². The molecular formula is C13H13N3O. The van der Waals surface area contributed by atoms with E-state index in [1.165, 1.54) is 6.20 Å². The summed E-state index contributed by atoms with van der Waals surface area (Å²) in [5.74, 6) is -0.468. The van der Waals surface area contributed by atoms with Crippen molar-refractivity contribution in [3.63, 3.8) is 0 Å². The number of aryl methyl sites for hydroxylation is 2. The molecule has 2 N–H and O–H groups in total. The van der Waals surface area contributed by atoms with E-state index in [0.717, 1.165) is 22.5 Å². The van der Waals surface area contributed by atoms with Crippen molar-refractivity contribution in [2.75, 3.05) is 0 Å². The summed E-state index contributed by atoms with van der Waals surface area (Å²) in [6, 6.07) is 5.61. The average Bonchev–Trinajstić information content (AvgIpc) is 2.29. The summed E-state index contributed by atoms with van der Waals surface area (Å²) >= 11 is 0. The first-order valence-electron chi connectivity index (χ1n) is 5.27. The summed E-state index contributed by atoms with van der Waals surface area (Å²) in [6.45, 7) is 3.82. The fraction of sp³-hybridized carbons (Fsp3) is 0.154. The number of aromatic nitrogens is 2. The summed E-state index contributed by atoms with van der Waals surface area (Å²) < 4.78 is 0. The van der Waals surface area contributed by atoms with E-state index in [2.05, 4.69) is 9.97 Å². The van der Waals surface area contributed by atoms with E-state index in [1.807, 2.05) is 26.0 Å². The van der Waals surface area contributed by atoms with Crippen LogP contribution in [0.5, 0.6) is 0 Å². The summed E-state index contributed by atoms with van der Waals surface area (Å²) in [4.78, 5) is 19.5. The number of hydrogen-bond donors (Lipinski definition) is 1. The smallest absolute Gasteiger partial charge is 0.250 e. The van der Waals surface area contributed by atoms with Crippen LogP contribution < -0.4 is 5.73 Å². The SMILES string of the molecule is Cc1cc(-c2cc(C(N)=O)cnc2C)ccn1. The predicted molar refractivity (Wildman–Crippen MR) is 65.5 cm³/mol. The van der Waals surface area contributed by atoms with E-state index >= 15 is 0 Å². The van der Waals surface area contributed by atoms with Gasteiger partial charge in [-0.05, 0) is 37.6 Å². The zero-order valence-corrected chi connectivity index (χ0v) is 9.77. The quantitative estimate of drug-likeness (QED) is 0.851. The second kappa shape index (κ2) is 4.33. The molecule has 86 valence electrons. The Morgan fingerprint density at radius 1 is 1.24 bits per heavy atom. The Morgan fingerprint density at radius 2 is 2.00 bits per heavy atom. The van der Waals surface area contributed by atoms with Gasteiger partial charge in [-0.3, -0.25) is 14.8 Å². The fourth-order valence-electron chi connectivity index (χ4n) is 1.67. The lowest BCUT2D eigenvalue weighted by molar-refractivity contribution is 0.1000. The summed E-state index contributed by atoms with van der Waals surface area (Å²) in [6.07, 6.45) is 3.23. The maximum atomic E-state index is 11.1. The molecule has 2 heterocycles. The summed E-state index contributed by atoms with van der Waals surface area (Å²) in [7, 11) is 0. The largest absolute Gasteiger partial charge is 0.366 e. The monoisotopic (exact) mass is 227 g/mol. The molecule has 4 heteroatoms. The Kier molecular flexibility index (Phi) is 2.87. The number of carbonyl (C=O) groups excluding carboxylic acids is 1. The minimum atomic E-state index is -0.468. The first-order valence-corrected chi connectivity index (χ1v) is 5.27. The summed E-state index contributed by atoms with van der Waals surface area (Å²) in [5, 5.41) is 0. The predicted octanol–water partition coefficient (Wildman–Crippen LogP) is 1.86. The third-order valence-corrected chi connectivity index (χ3v) is 2.58. The fourth-order valence-corrected chi connectivity index (χ4v) is 1.67. The maximum Gasteiger partial charge on any atom is 0.250 e. The molecule has 0 unspecified atom stereocenters. The molecule has 0 aromatic carbocycles. The van der Waals surface area contributed by atoms with Crippen molar-refractivity contribution in [3.05, 3.63) is 47.5 Å². The highest BCUT2D eigenvalue weighted by Gasteiger charge is 2.08. The molecule has 17 heavy (non-hydrogen) atoms. The number of carbonyl (C=O) groups is 1. The molecule has 1 amide bonds. The van der Waals surface area contributed by atoms with Crippen molar-refractivity contribution in [2.24, 2.45) is 5.73 Å². The van der Waals surface area contributed by atoms with E-state index in [0.29, 0.717) is 5.56 Å². The van der Waals surface area contributed by atoms with Crippen molar-refractivity contribution >= 4 is 5.91 Å². The highest BCUT2D eigenvalue weighted by molar-refractivity contribution is 5.93. The normalized spacial score (nSPS) is 10.2. The van der Waals surface area contributed by atoms with Crippen LogP contribution in [0.25, 0.3) is 11.1 Å². The van der Waals surface area contributed by atoms with Gasteiger partial charge in [0.15, 0.2) is 0 Å². The van der Waals surface area contributed by atoms with Crippen LogP contribution in [0.4, 0.5) is 0 Å². The number of rotatable bonds is 2. The Bertz CT molecular complexity index is 579. The van der Waals surface area contributed by atoms with Gasteiger partial charge in [-0.15, -0.1) is 0 Å². The molecule has 0 aliphatic heterocycles. The topological polar surface area (TPSA) is 68.9 Å². The highest BCUT2D eigenvalue weighted by atomic mass is 16.1. The molecule has 0 saturated carbocycles.